The molecule has 0 spiro atoms. The number of aromatic nitrogens is 2. The van der Waals surface area contributed by atoms with Crippen molar-refractivity contribution in [3.05, 3.63) is 64.8 Å². The molecule has 0 saturated heterocycles. The maximum Gasteiger partial charge on any atom is 0.213 e. The minimum absolute atomic E-state index is 0.0875. The largest absolute Gasteiger partial charge is 0.478 e. The van der Waals surface area contributed by atoms with E-state index in [9.17, 15) is 4.39 Å². The summed E-state index contributed by atoms with van der Waals surface area (Å²) < 4.78 is 21.4. The molecule has 118 valence electrons. The summed E-state index contributed by atoms with van der Waals surface area (Å²) in [6.45, 7) is 2.41. The van der Waals surface area contributed by atoms with Gasteiger partial charge < -0.3 is 9.30 Å². The average molecular weight is 332 g/mol. The van der Waals surface area contributed by atoms with Gasteiger partial charge in [0.25, 0.3) is 0 Å². The highest BCUT2D eigenvalue weighted by atomic mass is 35.5. The average Bonchev–Trinajstić information content (AvgIpc) is 2.94. The van der Waals surface area contributed by atoms with Gasteiger partial charge in [0.2, 0.25) is 5.90 Å². The molecule has 0 aliphatic rings. The lowest BCUT2D eigenvalue weighted by molar-refractivity contribution is 0.325. The first-order valence-corrected chi connectivity index (χ1v) is 7.56. The molecule has 1 N–H and O–H groups in total. The molecule has 0 aliphatic carbocycles. The number of nitrogens with one attached hydrogen (secondary N) is 1. The van der Waals surface area contributed by atoms with Gasteiger partial charge in [-0.25, -0.2) is 4.39 Å². The quantitative estimate of drug-likeness (QED) is 0.574. The number of nitrogens with zero attached hydrogens (tertiary/aromatic N) is 2. The molecule has 3 rings (SSSR count). The lowest BCUT2D eigenvalue weighted by Gasteiger charge is -2.12. The van der Waals surface area contributed by atoms with E-state index in [0.29, 0.717) is 24.3 Å². The van der Waals surface area contributed by atoms with Gasteiger partial charge >= 0.3 is 0 Å². The molecule has 0 radical (unpaired) electrons. The highest BCUT2D eigenvalue weighted by molar-refractivity contribution is 6.31. The van der Waals surface area contributed by atoms with Crippen molar-refractivity contribution < 1.29 is 9.13 Å². The van der Waals surface area contributed by atoms with E-state index >= 15 is 0 Å². The normalized spacial score (nSPS) is 10.9. The van der Waals surface area contributed by atoms with Crippen LogP contribution in [0.2, 0.25) is 5.02 Å². The predicted molar refractivity (Wildman–Crippen MR) is 88.7 cm³/mol. The first kappa shape index (κ1) is 15.5. The van der Waals surface area contributed by atoms with E-state index in [1.165, 1.54) is 6.07 Å². The molecule has 0 unspecified atom stereocenters. The number of hydrogen-bond donors (Lipinski definition) is 1. The SMILES string of the molecule is CCOC(=N)c1cc(F)c(Cn2ccc3ccncc32)c(Cl)c1. The number of ether oxygens (including phenoxy) is 1. The molecule has 2 aromatic heterocycles. The topological polar surface area (TPSA) is 50.9 Å². The van der Waals surface area contributed by atoms with E-state index < -0.39 is 5.82 Å². The summed E-state index contributed by atoms with van der Waals surface area (Å²) in [7, 11) is 0. The maximum atomic E-state index is 14.4. The van der Waals surface area contributed by atoms with Gasteiger partial charge in [-0.05, 0) is 31.2 Å². The number of rotatable bonds is 4. The Morgan fingerprint density at radius 1 is 1.39 bits per heavy atom. The van der Waals surface area contributed by atoms with Gasteiger partial charge in [0.15, 0.2) is 0 Å². The van der Waals surface area contributed by atoms with Crippen molar-refractivity contribution in [2.45, 2.75) is 13.5 Å². The van der Waals surface area contributed by atoms with Crippen molar-refractivity contribution in [2.24, 2.45) is 0 Å². The van der Waals surface area contributed by atoms with Gasteiger partial charge in [0, 0.05) is 33.9 Å². The predicted octanol–water partition coefficient (Wildman–Crippen LogP) is 4.24. The van der Waals surface area contributed by atoms with Crippen molar-refractivity contribution in [2.75, 3.05) is 6.61 Å². The number of halogens is 2. The summed E-state index contributed by atoms with van der Waals surface area (Å²) in [6.07, 6.45) is 5.33. The second-order valence-electron chi connectivity index (χ2n) is 5.06. The van der Waals surface area contributed by atoms with Crippen LogP contribution in [0.5, 0.6) is 0 Å². The summed E-state index contributed by atoms with van der Waals surface area (Å²) in [5.41, 5.74) is 1.62. The smallest absolute Gasteiger partial charge is 0.213 e. The minimum atomic E-state index is -0.456. The van der Waals surface area contributed by atoms with Crippen LogP contribution in [0.3, 0.4) is 0 Å². The Balaban J connectivity index is 1.96. The van der Waals surface area contributed by atoms with Crippen molar-refractivity contribution in [1.82, 2.24) is 9.55 Å². The molecular weight excluding hydrogens is 317 g/mol. The fourth-order valence-electron chi connectivity index (χ4n) is 2.45. The molecule has 0 fully saturated rings. The molecule has 0 aliphatic heterocycles. The Kier molecular flexibility index (Phi) is 4.30. The van der Waals surface area contributed by atoms with E-state index in [1.54, 1.807) is 25.4 Å². The lowest BCUT2D eigenvalue weighted by atomic mass is 10.1. The molecule has 2 heterocycles. The van der Waals surface area contributed by atoms with Crippen LogP contribution in [0.1, 0.15) is 18.1 Å². The zero-order chi connectivity index (χ0) is 16.4. The van der Waals surface area contributed by atoms with Gasteiger partial charge in [0.1, 0.15) is 5.82 Å². The van der Waals surface area contributed by atoms with Crippen LogP contribution in [0.15, 0.2) is 42.9 Å². The van der Waals surface area contributed by atoms with Gasteiger partial charge in [0.05, 0.1) is 24.9 Å². The van der Waals surface area contributed by atoms with Crippen LogP contribution >= 0.6 is 11.6 Å². The Morgan fingerprint density at radius 2 is 2.22 bits per heavy atom. The highest BCUT2D eigenvalue weighted by Crippen LogP contribution is 2.25. The van der Waals surface area contributed by atoms with Crippen LogP contribution in [0.25, 0.3) is 10.9 Å². The number of fused-ring (bicyclic) bond motifs is 1. The molecule has 0 atom stereocenters. The Hall–Kier alpha value is -2.40. The molecule has 3 aromatic rings. The van der Waals surface area contributed by atoms with Gasteiger partial charge in [-0.1, -0.05) is 11.6 Å². The summed E-state index contributed by atoms with van der Waals surface area (Å²) in [6, 6.07) is 6.68. The number of pyridine rings is 1. The lowest BCUT2D eigenvalue weighted by Crippen LogP contribution is -2.08. The number of benzene rings is 1. The zero-order valence-corrected chi connectivity index (χ0v) is 13.3. The summed E-state index contributed by atoms with van der Waals surface area (Å²) in [4.78, 5) is 4.10. The van der Waals surface area contributed by atoms with Crippen LogP contribution in [0.4, 0.5) is 4.39 Å². The molecular formula is C17H15ClFN3O. The third-order valence-electron chi connectivity index (χ3n) is 3.60. The third kappa shape index (κ3) is 3.05. The molecule has 23 heavy (non-hydrogen) atoms. The molecule has 0 bridgehead atoms. The van der Waals surface area contributed by atoms with Gasteiger partial charge in [-0.15, -0.1) is 0 Å². The molecule has 4 nitrogen and oxygen atoms in total. The van der Waals surface area contributed by atoms with Crippen LogP contribution in [0, 0.1) is 11.2 Å². The van der Waals surface area contributed by atoms with Crippen LogP contribution in [-0.2, 0) is 11.3 Å². The van der Waals surface area contributed by atoms with Crippen molar-refractivity contribution in [3.8, 4) is 0 Å². The fourth-order valence-corrected chi connectivity index (χ4v) is 2.72. The van der Waals surface area contributed by atoms with E-state index in [1.807, 2.05) is 22.9 Å². The number of hydrogen-bond acceptors (Lipinski definition) is 3. The van der Waals surface area contributed by atoms with Crippen molar-refractivity contribution in [1.29, 1.82) is 5.41 Å². The summed E-state index contributed by atoms with van der Waals surface area (Å²) in [5, 5.41) is 9.04. The molecule has 0 saturated carbocycles. The van der Waals surface area contributed by atoms with Gasteiger partial charge in [-0.3, -0.25) is 10.4 Å². The first-order valence-electron chi connectivity index (χ1n) is 7.18. The Bertz CT molecular complexity index is 852. The van der Waals surface area contributed by atoms with E-state index in [0.717, 1.165) is 10.9 Å². The Labute approximate surface area is 138 Å². The monoisotopic (exact) mass is 331 g/mol. The zero-order valence-electron chi connectivity index (χ0n) is 12.5. The highest BCUT2D eigenvalue weighted by Gasteiger charge is 2.14. The first-order chi connectivity index (χ1) is 11.1. The molecule has 6 heteroatoms. The van der Waals surface area contributed by atoms with Crippen LogP contribution in [-0.4, -0.2) is 22.1 Å². The second kappa shape index (κ2) is 6.38. The summed E-state index contributed by atoms with van der Waals surface area (Å²) >= 11 is 6.23. The standard InChI is InChI=1S/C17H15ClFN3O/c1-2-23-17(20)12-7-14(18)13(15(19)8-12)10-22-6-4-11-3-5-21-9-16(11)22/h3-9,20H,2,10H2,1H3. The van der Waals surface area contributed by atoms with Crippen LogP contribution < -0.4 is 0 Å². The summed E-state index contributed by atoms with van der Waals surface area (Å²) in [5.74, 6) is -0.543. The molecule has 1 aromatic carbocycles. The minimum Gasteiger partial charge on any atom is -0.478 e. The molecule has 0 amide bonds. The third-order valence-corrected chi connectivity index (χ3v) is 3.93. The van der Waals surface area contributed by atoms with Gasteiger partial charge in [-0.2, -0.15) is 0 Å². The fraction of sp³-hybridized carbons (Fsp3) is 0.176. The van der Waals surface area contributed by atoms with E-state index in [2.05, 4.69) is 4.98 Å². The maximum absolute atomic E-state index is 14.4. The second-order valence-corrected chi connectivity index (χ2v) is 5.47. The Morgan fingerprint density at radius 3 is 2.96 bits per heavy atom. The van der Waals surface area contributed by atoms with E-state index in [4.69, 9.17) is 21.7 Å². The van der Waals surface area contributed by atoms with E-state index in [-0.39, 0.29) is 10.9 Å². The van der Waals surface area contributed by atoms with Crippen molar-refractivity contribution >= 4 is 28.4 Å². The van der Waals surface area contributed by atoms with Crippen molar-refractivity contribution in [3.63, 3.8) is 0 Å².